The zero-order valence-corrected chi connectivity index (χ0v) is 19.1. The summed E-state index contributed by atoms with van der Waals surface area (Å²) in [4.78, 5) is 8.64. The Balaban J connectivity index is 1.38. The van der Waals surface area contributed by atoms with Gasteiger partial charge in [-0.25, -0.2) is 0 Å². The van der Waals surface area contributed by atoms with E-state index in [0.717, 1.165) is 27.8 Å². The van der Waals surface area contributed by atoms with Crippen molar-refractivity contribution in [3.8, 4) is 11.3 Å². The minimum absolute atomic E-state index is 0.981. The molecule has 0 aliphatic heterocycles. The van der Waals surface area contributed by atoms with Gasteiger partial charge in [-0.2, -0.15) is 0 Å². The molecule has 0 radical (unpaired) electrons. The number of benzene rings is 6. The van der Waals surface area contributed by atoms with Crippen molar-refractivity contribution >= 4 is 55.0 Å². The van der Waals surface area contributed by atoms with Crippen LogP contribution in [0.25, 0.3) is 54.3 Å². The summed E-state index contributed by atoms with van der Waals surface area (Å²) in [7, 11) is 0. The van der Waals surface area contributed by atoms with Crippen LogP contribution in [-0.4, -0.2) is 11.2 Å². The first-order chi connectivity index (χ1) is 17.3. The molecule has 0 aliphatic carbocycles. The van der Waals surface area contributed by atoms with E-state index in [9.17, 15) is 0 Å². The molecule has 7 aromatic rings. The van der Waals surface area contributed by atoms with Gasteiger partial charge in [0.2, 0.25) is 0 Å². The Bertz CT molecular complexity index is 1800. The van der Waals surface area contributed by atoms with Crippen molar-refractivity contribution in [1.82, 2.24) is 4.98 Å². The Kier molecular flexibility index (Phi) is 4.49. The molecule has 2 nitrogen and oxygen atoms in total. The van der Waals surface area contributed by atoms with Gasteiger partial charge in [-0.05, 0) is 56.6 Å². The minimum Gasteiger partial charge on any atom is -0.354 e. The normalized spacial score (nSPS) is 11.9. The fourth-order valence-corrected chi connectivity index (χ4v) is 5.20. The molecular formula is C33H22N2. The van der Waals surface area contributed by atoms with Crippen LogP contribution in [0, 0.1) is 0 Å². The van der Waals surface area contributed by atoms with Crippen molar-refractivity contribution in [3.63, 3.8) is 0 Å². The second-order valence-corrected chi connectivity index (χ2v) is 8.95. The van der Waals surface area contributed by atoms with Crippen LogP contribution in [0.15, 0.2) is 126 Å². The van der Waals surface area contributed by atoms with Crippen LogP contribution in [0.1, 0.15) is 5.69 Å². The second kappa shape index (κ2) is 7.96. The third-order valence-corrected chi connectivity index (χ3v) is 6.82. The molecule has 0 atom stereocenters. The molecule has 7 rings (SSSR count). The highest BCUT2D eigenvalue weighted by Crippen LogP contribution is 2.37. The molecule has 0 spiro atoms. The summed E-state index contributed by atoms with van der Waals surface area (Å²) in [5, 5.41) is 9.71. The van der Waals surface area contributed by atoms with E-state index in [1.54, 1.807) is 0 Å². The summed E-state index contributed by atoms with van der Waals surface area (Å²) in [6, 6.07) is 42.9. The molecule has 0 unspecified atom stereocenters. The van der Waals surface area contributed by atoms with Crippen LogP contribution in [0.5, 0.6) is 0 Å². The molecule has 35 heavy (non-hydrogen) atoms. The highest BCUT2D eigenvalue weighted by atomic mass is 14.8. The number of aromatic amines is 1. The standard InChI is InChI=1S/C33H22N2/c1-5-13-27-22(9-1)19-23-10-2-6-14-28(23)32(27)31-18-17-26(35-31)21-34-33-29-15-7-3-11-24(29)20-25-12-4-8-16-30(25)33/h1-21,35H/b34-21+. The number of nitrogens with one attached hydrogen (secondary N) is 1. The lowest BCUT2D eigenvalue weighted by atomic mass is 9.95. The molecule has 1 N–H and O–H groups in total. The van der Waals surface area contributed by atoms with Crippen LogP contribution in [0.4, 0.5) is 5.69 Å². The lowest BCUT2D eigenvalue weighted by Gasteiger charge is -2.10. The Morgan fingerprint density at radius 2 is 0.943 bits per heavy atom. The van der Waals surface area contributed by atoms with E-state index in [4.69, 9.17) is 4.99 Å². The van der Waals surface area contributed by atoms with Gasteiger partial charge in [0.05, 0.1) is 17.6 Å². The van der Waals surface area contributed by atoms with Crippen molar-refractivity contribution in [2.24, 2.45) is 4.99 Å². The predicted molar refractivity (Wildman–Crippen MR) is 150 cm³/mol. The minimum atomic E-state index is 0.981. The SMILES string of the molecule is C(=N\c1c2ccccc2cc2ccccc12)/c1ccc(-c2c3ccccc3cc3ccccc23)[nH]1. The van der Waals surface area contributed by atoms with Crippen LogP contribution >= 0.6 is 0 Å². The molecular weight excluding hydrogens is 424 g/mol. The van der Waals surface area contributed by atoms with Gasteiger partial charge < -0.3 is 4.98 Å². The van der Waals surface area contributed by atoms with Crippen molar-refractivity contribution in [2.75, 3.05) is 0 Å². The van der Waals surface area contributed by atoms with Gasteiger partial charge >= 0.3 is 0 Å². The third kappa shape index (κ3) is 3.31. The number of hydrogen-bond donors (Lipinski definition) is 1. The Labute approximate surface area is 203 Å². The van der Waals surface area contributed by atoms with Gasteiger partial charge in [0, 0.05) is 22.0 Å². The monoisotopic (exact) mass is 446 g/mol. The van der Waals surface area contributed by atoms with Gasteiger partial charge in [-0.3, -0.25) is 4.99 Å². The Morgan fingerprint density at radius 3 is 1.49 bits per heavy atom. The van der Waals surface area contributed by atoms with E-state index in [1.807, 2.05) is 6.21 Å². The largest absolute Gasteiger partial charge is 0.354 e. The number of aliphatic imine (C=N–C) groups is 1. The van der Waals surface area contributed by atoms with E-state index < -0.39 is 0 Å². The molecule has 1 heterocycles. The number of H-pyrrole nitrogens is 1. The molecule has 0 bridgehead atoms. The number of hydrogen-bond acceptors (Lipinski definition) is 1. The summed E-state index contributed by atoms with van der Waals surface area (Å²) >= 11 is 0. The second-order valence-electron chi connectivity index (χ2n) is 8.95. The number of fused-ring (bicyclic) bond motifs is 4. The molecule has 6 aromatic carbocycles. The van der Waals surface area contributed by atoms with Crippen LogP contribution in [0.2, 0.25) is 0 Å². The van der Waals surface area contributed by atoms with Gasteiger partial charge in [-0.1, -0.05) is 97.1 Å². The highest BCUT2D eigenvalue weighted by Gasteiger charge is 2.11. The number of rotatable bonds is 3. The maximum Gasteiger partial charge on any atom is 0.0787 e. The van der Waals surface area contributed by atoms with Gasteiger partial charge in [0.15, 0.2) is 0 Å². The van der Waals surface area contributed by atoms with Crippen molar-refractivity contribution in [3.05, 3.63) is 127 Å². The zero-order chi connectivity index (χ0) is 23.2. The van der Waals surface area contributed by atoms with E-state index in [1.165, 1.54) is 37.9 Å². The quantitative estimate of drug-likeness (QED) is 0.207. The van der Waals surface area contributed by atoms with Gasteiger partial charge in [0.1, 0.15) is 0 Å². The molecule has 0 aliphatic rings. The average molecular weight is 447 g/mol. The summed E-state index contributed by atoms with van der Waals surface area (Å²) in [5.74, 6) is 0. The topological polar surface area (TPSA) is 28.1 Å². The first-order valence-corrected chi connectivity index (χ1v) is 11.9. The lowest BCUT2D eigenvalue weighted by molar-refractivity contribution is 1.38. The molecule has 164 valence electrons. The van der Waals surface area contributed by atoms with E-state index in [2.05, 4.69) is 126 Å². The fourth-order valence-electron chi connectivity index (χ4n) is 5.20. The molecule has 0 saturated carbocycles. The predicted octanol–water partition coefficient (Wildman–Crippen LogP) is 9.05. The summed E-state index contributed by atoms with van der Waals surface area (Å²) in [6.45, 7) is 0. The van der Waals surface area contributed by atoms with Gasteiger partial charge in [0.25, 0.3) is 0 Å². The molecule has 1 aromatic heterocycles. The van der Waals surface area contributed by atoms with Crippen LogP contribution in [-0.2, 0) is 0 Å². The van der Waals surface area contributed by atoms with Crippen molar-refractivity contribution < 1.29 is 0 Å². The first kappa shape index (κ1) is 19.7. The van der Waals surface area contributed by atoms with Crippen LogP contribution in [0.3, 0.4) is 0 Å². The van der Waals surface area contributed by atoms with Gasteiger partial charge in [-0.15, -0.1) is 0 Å². The van der Waals surface area contributed by atoms with E-state index in [-0.39, 0.29) is 0 Å². The summed E-state index contributed by atoms with van der Waals surface area (Å²) in [5.41, 5.74) is 4.32. The molecule has 2 heteroatoms. The summed E-state index contributed by atoms with van der Waals surface area (Å²) < 4.78 is 0. The molecule has 0 fully saturated rings. The van der Waals surface area contributed by atoms with Crippen LogP contribution < -0.4 is 0 Å². The van der Waals surface area contributed by atoms with E-state index in [0.29, 0.717) is 0 Å². The molecule has 0 saturated heterocycles. The molecule has 0 amide bonds. The van der Waals surface area contributed by atoms with Crippen molar-refractivity contribution in [1.29, 1.82) is 0 Å². The Hall–Kier alpha value is -4.69. The fraction of sp³-hybridized carbons (Fsp3) is 0. The average Bonchev–Trinajstić information content (AvgIpc) is 3.38. The number of aromatic nitrogens is 1. The maximum atomic E-state index is 5.01. The first-order valence-electron chi connectivity index (χ1n) is 11.9. The zero-order valence-electron chi connectivity index (χ0n) is 19.1. The third-order valence-electron chi connectivity index (χ3n) is 6.82. The van der Waals surface area contributed by atoms with Crippen molar-refractivity contribution in [2.45, 2.75) is 0 Å². The van der Waals surface area contributed by atoms with E-state index >= 15 is 0 Å². The Morgan fingerprint density at radius 1 is 0.486 bits per heavy atom. The highest BCUT2D eigenvalue weighted by molar-refractivity contribution is 6.13. The number of nitrogens with zero attached hydrogens (tertiary/aromatic N) is 1. The lowest BCUT2D eigenvalue weighted by Crippen LogP contribution is -1.87. The smallest absolute Gasteiger partial charge is 0.0787 e. The summed E-state index contributed by atoms with van der Waals surface area (Å²) in [6.07, 6.45) is 1.95. The maximum absolute atomic E-state index is 5.01.